The maximum absolute atomic E-state index is 9.96. The van der Waals surface area contributed by atoms with Gasteiger partial charge in [0.15, 0.2) is 0 Å². The van der Waals surface area contributed by atoms with E-state index in [-0.39, 0.29) is 11.5 Å². The fraction of sp³-hybridized carbons (Fsp3) is 0.0667. The number of hydrogen-bond donors (Lipinski definition) is 3. The molecule has 0 unspecified atom stereocenters. The number of phenolic OH excluding ortho intramolecular Hbond substituents is 2. The Labute approximate surface area is 198 Å². The summed E-state index contributed by atoms with van der Waals surface area (Å²) in [7, 11) is 0. The third-order valence-corrected chi connectivity index (χ3v) is 5.88. The van der Waals surface area contributed by atoms with Crippen LogP contribution in [0.1, 0.15) is 11.1 Å². The molecule has 0 amide bonds. The number of allylic oxidation sites excluding steroid dienone is 4. The fourth-order valence-electron chi connectivity index (χ4n) is 4.14. The second kappa shape index (κ2) is 9.59. The molecule has 4 heteroatoms. The first kappa shape index (κ1) is 21.4. The van der Waals surface area contributed by atoms with Crippen molar-refractivity contribution in [3.63, 3.8) is 0 Å². The van der Waals surface area contributed by atoms with E-state index in [2.05, 4.69) is 23.5 Å². The molecule has 0 spiro atoms. The minimum absolute atomic E-state index is 0.244. The Morgan fingerprint density at radius 1 is 0.735 bits per heavy atom. The van der Waals surface area contributed by atoms with Gasteiger partial charge in [-0.1, -0.05) is 54.6 Å². The van der Waals surface area contributed by atoms with Gasteiger partial charge in [0.05, 0.1) is 5.70 Å². The van der Waals surface area contributed by atoms with Gasteiger partial charge in [-0.05, 0) is 88.0 Å². The Morgan fingerprint density at radius 2 is 1.53 bits per heavy atom. The van der Waals surface area contributed by atoms with Crippen molar-refractivity contribution in [3.05, 3.63) is 126 Å². The summed E-state index contributed by atoms with van der Waals surface area (Å²) < 4.78 is 5.94. The van der Waals surface area contributed by atoms with Gasteiger partial charge in [-0.2, -0.15) is 0 Å². The van der Waals surface area contributed by atoms with Gasteiger partial charge in [0.2, 0.25) is 0 Å². The second-order valence-electron chi connectivity index (χ2n) is 8.23. The average molecular weight is 448 g/mol. The van der Waals surface area contributed by atoms with E-state index >= 15 is 0 Å². The topological polar surface area (TPSA) is 61.7 Å². The zero-order valence-electron chi connectivity index (χ0n) is 18.6. The van der Waals surface area contributed by atoms with Crippen LogP contribution in [0.3, 0.4) is 0 Å². The van der Waals surface area contributed by atoms with E-state index in [0.717, 1.165) is 45.3 Å². The first-order chi connectivity index (χ1) is 16.7. The van der Waals surface area contributed by atoms with Gasteiger partial charge in [-0.15, -0.1) is 0 Å². The van der Waals surface area contributed by atoms with E-state index in [1.165, 1.54) is 5.56 Å². The summed E-state index contributed by atoms with van der Waals surface area (Å²) in [6, 6.07) is 25.0. The van der Waals surface area contributed by atoms with E-state index in [9.17, 15) is 10.2 Å². The molecule has 0 saturated heterocycles. The SMILES string of the molecule is Oc1ccc(-c2ccc3cc(O)ccc3c2Cc2ccc(OCC3=CC=CC=CN3)cc2)cc1. The van der Waals surface area contributed by atoms with Crippen LogP contribution in [0, 0.1) is 0 Å². The summed E-state index contributed by atoms with van der Waals surface area (Å²) in [4.78, 5) is 0. The van der Waals surface area contributed by atoms with Crippen molar-refractivity contribution in [2.24, 2.45) is 0 Å². The van der Waals surface area contributed by atoms with Crippen molar-refractivity contribution in [1.29, 1.82) is 0 Å². The number of fused-ring (bicyclic) bond motifs is 1. The van der Waals surface area contributed by atoms with Crippen molar-refractivity contribution in [1.82, 2.24) is 5.32 Å². The highest BCUT2D eigenvalue weighted by Gasteiger charge is 2.12. The predicted molar refractivity (Wildman–Crippen MR) is 137 cm³/mol. The van der Waals surface area contributed by atoms with Crippen molar-refractivity contribution < 1.29 is 14.9 Å². The van der Waals surface area contributed by atoms with Crippen LogP contribution < -0.4 is 10.1 Å². The maximum Gasteiger partial charge on any atom is 0.128 e. The van der Waals surface area contributed by atoms with E-state index in [1.54, 1.807) is 24.3 Å². The van der Waals surface area contributed by atoms with Gasteiger partial charge in [-0.25, -0.2) is 0 Å². The van der Waals surface area contributed by atoms with E-state index in [0.29, 0.717) is 6.61 Å². The molecule has 0 bridgehead atoms. The highest BCUT2D eigenvalue weighted by Crippen LogP contribution is 2.34. The molecule has 1 aliphatic heterocycles. The van der Waals surface area contributed by atoms with Crippen molar-refractivity contribution in [3.8, 4) is 28.4 Å². The maximum atomic E-state index is 9.96. The highest BCUT2D eigenvalue weighted by atomic mass is 16.5. The first-order valence-electron chi connectivity index (χ1n) is 11.2. The molecule has 5 rings (SSSR count). The number of nitrogens with one attached hydrogen (secondary N) is 1. The number of aromatic hydroxyl groups is 2. The summed E-state index contributed by atoms with van der Waals surface area (Å²) in [6.45, 7) is 0.464. The summed E-state index contributed by atoms with van der Waals surface area (Å²) in [5.74, 6) is 1.31. The minimum atomic E-state index is 0.244. The smallest absolute Gasteiger partial charge is 0.128 e. The summed E-state index contributed by atoms with van der Waals surface area (Å²) >= 11 is 0. The molecule has 0 aliphatic carbocycles. The first-order valence-corrected chi connectivity index (χ1v) is 11.2. The van der Waals surface area contributed by atoms with E-state index in [4.69, 9.17) is 4.74 Å². The van der Waals surface area contributed by atoms with Crippen LogP contribution in [0.4, 0.5) is 0 Å². The van der Waals surface area contributed by atoms with Crippen LogP contribution in [0.15, 0.2) is 115 Å². The quantitative estimate of drug-likeness (QED) is 0.318. The molecule has 3 N–H and O–H groups in total. The summed E-state index contributed by atoms with van der Waals surface area (Å²) in [5, 5.41) is 25.0. The van der Waals surface area contributed by atoms with Crippen molar-refractivity contribution >= 4 is 10.8 Å². The largest absolute Gasteiger partial charge is 0.508 e. The van der Waals surface area contributed by atoms with Gasteiger partial charge < -0.3 is 20.3 Å². The average Bonchev–Trinajstić information content (AvgIpc) is 3.13. The lowest BCUT2D eigenvalue weighted by molar-refractivity contribution is 0.346. The van der Waals surface area contributed by atoms with E-state index < -0.39 is 0 Å². The molecule has 168 valence electrons. The number of hydrogen-bond acceptors (Lipinski definition) is 4. The Kier molecular flexibility index (Phi) is 6.04. The Morgan fingerprint density at radius 3 is 2.35 bits per heavy atom. The van der Waals surface area contributed by atoms with Crippen LogP contribution >= 0.6 is 0 Å². The Hall–Kier alpha value is -4.44. The van der Waals surface area contributed by atoms with Gasteiger partial charge in [0, 0.05) is 6.20 Å². The second-order valence-corrected chi connectivity index (χ2v) is 8.23. The van der Waals surface area contributed by atoms with Crippen LogP contribution in [0.5, 0.6) is 17.2 Å². The molecule has 0 aromatic heterocycles. The summed E-state index contributed by atoms with van der Waals surface area (Å²) in [5.41, 5.74) is 5.46. The van der Waals surface area contributed by atoms with Crippen LogP contribution in [0.25, 0.3) is 21.9 Å². The number of phenols is 2. The number of benzene rings is 4. The van der Waals surface area contributed by atoms with Gasteiger partial charge in [-0.3, -0.25) is 0 Å². The van der Waals surface area contributed by atoms with E-state index in [1.807, 2.05) is 66.9 Å². The Bertz CT molecular complexity index is 1400. The monoisotopic (exact) mass is 447 g/mol. The molecule has 34 heavy (non-hydrogen) atoms. The normalized spacial score (nSPS) is 12.8. The number of rotatable bonds is 6. The van der Waals surface area contributed by atoms with Crippen LogP contribution in [-0.2, 0) is 6.42 Å². The number of ether oxygens (including phenoxy) is 1. The van der Waals surface area contributed by atoms with Gasteiger partial charge in [0.25, 0.3) is 0 Å². The molecule has 0 atom stereocenters. The lowest BCUT2D eigenvalue weighted by Crippen LogP contribution is -2.12. The zero-order valence-corrected chi connectivity index (χ0v) is 18.6. The lowest BCUT2D eigenvalue weighted by atomic mass is 9.90. The molecular weight excluding hydrogens is 422 g/mol. The fourth-order valence-corrected chi connectivity index (χ4v) is 4.14. The molecule has 4 aromatic rings. The Balaban J connectivity index is 1.42. The van der Waals surface area contributed by atoms with Gasteiger partial charge >= 0.3 is 0 Å². The van der Waals surface area contributed by atoms with Crippen molar-refractivity contribution in [2.45, 2.75) is 6.42 Å². The third-order valence-electron chi connectivity index (χ3n) is 5.88. The van der Waals surface area contributed by atoms with Crippen LogP contribution in [-0.4, -0.2) is 16.8 Å². The standard InChI is InChI=1S/C30H25NO3/c32-25-10-7-22(8-11-25)28-15-9-23-19-26(33)12-16-29(23)30(28)18-21-5-13-27(14-6-21)34-20-24-4-2-1-3-17-31-24/h1-17,19,31-33H,18,20H2. The molecular formula is C30H25NO3. The van der Waals surface area contributed by atoms with Gasteiger partial charge in [0.1, 0.15) is 23.9 Å². The summed E-state index contributed by atoms with van der Waals surface area (Å²) in [6.07, 6.45) is 10.5. The third kappa shape index (κ3) is 4.81. The zero-order chi connectivity index (χ0) is 23.3. The molecule has 1 heterocycles. The molecule has 4 aromatic carbocycles. The molecule has 4 nitrogen and oxygen atoms in total. The molecule has 1 aliphatic rings. The molecule has 0 fully saturated rings. The minimum Gasteiger partial charge on any atom is -0.508 e. The van der Waals surface area contributed by atoms with Crippen LogP contribution in [0.2, 0.25) is 0 Å². The lowest BCUT2D eigenvalue weighted by Gasteiger charge is -2.15. The molecule has 0 radical (unpaired) electrons. The van der Waals surface area contributed by atoms with Crippen molar-refractivity contribution in [2.75, 3.05) is 6.61 Å². The predicted octanol–water partition coefficient (Wildman–Crippen LogP) is 6.44. The molecule has 0 saturated carbocycles. The highest BCUT2D eigenvalue weighted by molar-refractivity contribution is 5.93.